The molecule has 1 aliphatic carbocycles. The van der Waals surface area contributed by atoms with Crippen LogP contribution in [0.15, 0.2) is 48.5 Å². The predicted molar refractivity (Wildman–Crippen MR) is 104 cm³/mol. The molecular formula is C23H19ClF2. The average Bonchev–Trinajstić information content (AvgIpc) is 3.01. The Labute approximate surface area is 157 Å². The van der Waals surface area contributed by atoms with Gasteiger partial charge in [-0.1, -0.05) is 61.3 Å². The normalized spacial score (nSPS) is 12.2. The fourth-order valence-corrected chi connectivity index (χ4v) is 3.83. The Bertz CT molecular complexity index is 992. The second kappa shape index (κ2) is 6.85. The summed E-state index contributed by atoms with van der Waals surface area (Å²) in [6, 6.07) is 14.5. The monoisotopic (exact) mass is 368 g/mol. The molecule has 4 rings (SSSR count). The molecule has 0 heterocycles. The van der Waals surface area contributed by atoms with E-state index in [1.54, 1.807) is 12.1 Å². The van der Waals surface area contributed by atoms with E-state index in [4.69, 9.17) is 11.6 Å². The summed E-state index contributed by atoms with van der Waals surface area (Å²) in [7, 11) is 0. The Balaban J connectivity index is 1.73. The molecule has 1 aliphatic rings. The van der Waals surface area contributed by atoms with Gasteiger partial charge in [0, 0.05) is 17.5 Å². The smallest absolute Gasteiger partial charge is 0.142 e. The van der Waals surface area contributed by atoms with Crippen molar-refractivity contribution < 1.29 is 8.78 Å². The second-order valence-electron chi connectivity index (χ2n) is 6.85. The maximum absolute atomic E-state index is 15.2. The van der Waals surface area contributed by atoms with E-state index in [-0.39, 0.29) is 10.8 Å². The SMILES string of the molecule is CCCCc1ccc2c(c1)Cc1c-2ccc(-c2ccc(Cl)c(F)c2)c1F. The molecule has 26 heavy (non-hydrogen) atoms. The van der Waals surface area contributed by atoms with Crippen LogP contribution in [0.1, 0.15) is 36.5 Å². The molecule has 0 nitrogen and oxygen atoms in total. The third kappa shape index (κ3) is 2.93. The topological polar surface area (TPSA) is 0 Å². The van der Waals surface area contributed by atoms with E-state index < -0.39 is 5.82 Å². The third-order valence-electron chi connectivity index (χ3n) is 5.12. The summed E-state index contributed by atoms with van der Waals surface area (Å²) < 4.78 is 29.0. The summed E-state index contributed by atoms with van der Waals surface area (Å²) >= 11 is 5.74. The predicted octanol–water partition coefficient (Wildman–Crippen LogP) is 7.20. The van der Waals surface area contributed by atoms with Gasteiger partial charge in [-0.3, -0.25) is 0 Å². The van der Waals surface area contributed by atoms with E-state index >= 15 is 4.39 Å². The van der Waals surface area contributed by atoms with E-state index in [1.807, 2.05) is 6.07 Å². The van der Waals surface area contributed by atoms with Gasteiger partial charge in [0.05, 0.1) is 5.02 Å². The quantitative estimate of drug-likeness (QED) is 0.357. The van der Waals surface area contributed by atoms with Gasteiger partial charge in [0.2, 0.25) is 0 Å². The van der Waals surface area contributed by atoms with E-state index in [0.29, 0.717) is 23.1 Å². The molecule has 0 aromatic heterocycles. The molecule has 0 aliphatic heterocycles. The van der Waals surface area contributed by atoms with Crippen molar-refractivity contribution in [3.8, 4) is 22.3 Å². The molecule has 0 spiro atoms. The van der Waals surface area contributed by atoms with Crippen molar-refractivity contribution in [2.75, 3.05) is 0 Å². The number of benzene rings is 3. The van der Waals surface area contributed by atoms with Crippen LogP contribution in [0.5, 0.6) is 0 Å². The van der Waals surface area contributed by atoms with Crippen molar-refractivity contribution >= 4 is 11.6 Å². The minimum absolute atomic E-state index is 0.0438. The first-order valence-corrected chi connectivity index (χ1v) is 9.35. The fourth-order valence-electron chi connectivity index (χ4n) is 3.72. The highest BCUT2D eigenvalue weighted by Gasteiger charge is 2.24. The lowest BCUT2D eigenvalue weighted by Gasteiger charge is -2.09. The Morgan fingerprint density at radius 3 is 2.46 bits per heavy atom. The number of aryl methyl sites for hydroxylation is 1. The average molecular weight is 369 g/mol. The van der Waals surface area contributed by atoms with Crippen LogP contribution in [0.4, 0.5) is 8.78 Å². The maximum Gasteiger partial charge on any atom is 0.142 e. The number of rotatable bonds is 4. The van der Waals surface area contributed by atoms with Gasteiger partial charge in [-0.2, -0.15) is 0 Å². The summed E-state index contributed by atoms with van der Waals surface area (Å²) in [6.07, 6.45) is 3.96. The van der Waals surface area contributed by atoms with Crippen molar-refractivity contribution in [1.82, 2.24) is 0 Å². The number of fused-ring (bicyclic) bond motifs is 3. The van der Waals surface area contributed by atoms with Crippen LogP contribution >= 0.6 is 11.6 Å². The van der Waals surface area contributed by atoms with Gasteiger partial charge in [-0.15, -0.1) is 0 Å². The number of hydrogen-bond acceptors (Lipinski definition) is 0. The summed E-state index contributed by atoms with van der Waals surface area (Å²) in [5.41, 5.74) is 6.14. The van der Waals surface area contributed by atoms with Crippen molar-refractivity contribution in [1.29, 1.82) is 0 Å². The first-order chi connectivity index (χ1) is 12.6. The van der Waals surface area contributed by atoms with Gasteiger partial charge in [0.25, 0.3) is 0 Å². The molecule has 0 radical (unpaired) electrons. The third-order valence-corrected chi connectivity index (χ3v) is 5.43. The highest BCUT2D eigenvalue weighted by molar-refractivity contribution is 6.30. The van der Waals surface area contributed by atoms with Gasteiger partial charge in [-0.05, 0) is 52.8 Å². The summed E-state index contributed by atoms with van der Waals surface area (Å²) in [6.45, 7) is 2.18. The molecule has 0 saturated heterocycles. The van der Waals surface area contributed by atoms with Gasteiger partial charge in [0.1, 0.15) is 11.6 Å². The molecule has 0 amide bonds. The number of halogens is 3. The van der Waals surface area contributed by atoms with Gasteiger partial charge in [-0.25, -0.2) is 8.78 Å². The van der Waals surface area contributed by atoms with Crippen LogP contribution in [0.3, 0.4) is 0 Å². The van der Waals surface area contributed by atoms with Gasteiger partial charge < -0.3 is 0 Å². The lowest BCUT2D eigenvalue weighted by atomic mass is 9.98. The van der Waals surface area contributed by atoms with Crippen LogP contribution in [0, 0.1) is 11.6 Å². The first kappa shape index (κ1) is 17.2. The summed E-state index contributed by atoms with van der Waals surface area (Å²) in [5, 5.41) is 0.0438. The molecule has 0 N–H and O–H groups in total. The second-order valence-corrected chi connectivity index (χ2v) is 7.26. The van der Waals surface area contributed by atoms with Crippen LogP contribution < -0.4 is 0 Å². The molecule has 0 atom stereocenters. The molecule has 3 aromatic rings. The fraction of sp³-hybridized carbons (Fsp3) is 0.217. The zero-order chi connectivity index (χ0) is 18.3. The Hall–Kier alpha value is -2.19. The zero-order valence-electron chi connectivity index (χ0n) is 14.6. The molecule has 0 saturated carbocycles. The van der Waals surface area contributed by atoms with Crippen LogP contribution in [0.25, 0.3) is 22.3 Å². The maximum atomic E-state index is 15.2. The molecule has 0 fully saturated rings. The summed E-state index contributed by atoms with van der Waals surface area (Å²) in [5.74, 6) is -0.802. The number of hydrogen-bond donors (Lipinski definition) is 0. The van der Waals surface area contributed by atoms with Crippen LogP contribution in [-0.2, 0) is 12.8 Å². The summed E-state index contributed by atoms with van der Waals surface area (Å²) in [4.78, 5) is 0. The van der Waals surface area contributed by atoms with Crippen molar-refractivity contribution in [2.45, 2.75) is 32.6 Å². The molecule has 0 unspecified atom stereocenters. The van der Waals surface area contributed by atoms with E-state index in [9.17, 15) is 4.39 Å². The van der Waals surface area contributed by atoms with Crippen LogP contribution in [-0.4, -0.2) is 0 Å². The minimum atomic E-state index is -0.534. The van der Waals surface area contributed by atoms with Crippen molar-refractivity contribution in [3.05, 3.63) is 81.9 Å². The van der Waals surface area contributed by atoms with Crippen molar-refractivity contribution in [3.63, 3.8) is 0 Å². The Kier molecular flexibility index (Phi) is 4.54. The number of unbranched alkanes of at least 4 members (excludes halogenated alkanes) is 1. The van der Waals surface area contributed by atoms with Crippen molar-refractivity contribution in [2.24, 2.45) is 0 Å². The Morgan fingerprint density at radius 1 is 0.923 bits per heavy atom. The van der Waals surface area contributed by atoms with E-state index in [1.165, 1.54) is 23.3 Å². The highest BCUT2D eigenvalue weighted by atomic mass is 35.5. The van der Waals surface area contributed by atoms with Gasteiger partial charge in [0.15, 0.2) is 0 Å². The molecule has 3 aromatic carbocycles. The highest BCUT2D eigenvalue weighted by Crippen LogP contribution is 2.41. The first-order valence-electron chi connectivity index (χ1n) is 8.97. The van der Waals surface area contributed by atoms with Crippen LogP contribution in [0.2, 0.25) is 5.02 Å². The minimum Gasteiger partial charge on any atom is -0.206 e. The molecule has 3 heteroatoms. The standard InChI is InChI=1S/C23H19ClF2/c1-2-3-4-14-5-7-17-16(11-14)12-20-19(17)9-8-18(23(20)26)15-6-10-21(24)22(25)13-15/h5-11,13H,2-4,12H2,1H3. The zero-order valence-corrected chi connectivity index (χ0v) is 15.3. The lowest BCUT2D eigenvalue weighted by molar-refractivity contribution is 0.617. The largest absolute Gasteiger partial charge is 0.206 e. The molecule has 132 valence electrons. The molecular weight excluding hydrogens is 350 g/mol. The van der Waals surface area contributed by atoms with Gasteiger partial charge >= 0.3 is 0 Å². The van der Waals surface area contributed by atoms with E-state index in [2.05, 4.69) is 25.1 Å². The van der Waals surface area contributed by atoms with E-state index in [0.717, 1.165) is 30.4 Å². The molecule has 0 bridgehead atoms. The Morgan fingerprint density at radius 2 is 1.69 bits per heavy atom. The lowest BCUT2D eigenvalue weighted by Crippen LogP contribution is -1.93.